The van der Waals surface area contributed by atoms with Gasteiger partial charge in [0, 0.05) is 7.11 Å². The Bertz CT molecular complexity index is 735. The van der Waals surface area contributed by atoms with Crippen molar-refractivity contribution in [1.29, 1.82) is 0 Å². The molecule has 0 aliphatic heterocycles. The van der Waals surface area contributed by atoms with E-state index in [9.17, 15) is 12.8 Å². The standard InChI is InChI=1S/C17H20FNO3S/c1-13(22-2)12-23(20,21)19-17(14-7-4-3-5-8-14)15-9-6-10-16(18)11-15/h3-11,13,17,19H,12H2,1-2H3/t13-,17-/m1/s1. The second-order valence-corrected chi connectivity index (χ2v) is 7.14. The van der Waals surface area contributed by atoms with Crippen LogP contribution in [0.3, 0.4) is 0 Å². The molecule has 0 aliphatic rings. The average Bonchev–Trinajstić information content (AvgIpc) is 2.53. The van der Waals surface area contributed by atoms with Gasteiger partial charge in [0.2, 0.25) is 10.0 Å². The van der Waals surface area contributed by atoms with Crippen LogP contribution in [0.4, 0.5) is 4.39 Å². The molecule has 0 saturated heterocycles. The van der Waals surface area contributed by atoms with Crippen molar-refractivity contribution in [1.82, 2.24) is 4.72 Å². The zero-order valence-corrected chi connectivity index (χ0v) is 13.9. The number of sulfonamides is 1. The lowest BCUT2D eigenvalue weighted by Crippen LogP contribution is -2.35. The fourth-order valence-corrected chi connectivity index (χ4v) is 3.75. The van der Waals surface area contributed by atoms with Crippen LogP contribution in [0.15, 0.2) is 54.6 Å². The SMILES string of the molecule is CO[C@H](C)CS(=O)(=O)N[C@H](c1ccccc1)c1cccc(F)c1. The predicted molar refractivity (Wildman–Crippen MR) is 88.1 cm³/mol. The molecule has 0 unspecified atom stereocenters. The van der Waals surface area contributed by atoms with Crippen LogP contribution in [0, 0.1) is 5.82 Å². The molecule has 2 aromatic carbocycles. The summed E-state index contributed by atoms with van der Waals surface area (Å²) in [6.45, 7) is 1.68. The molecule has 0 heterocycles. The van der Waals surface area contributed by atoms with Crippen LogP contribution in [-0.4, -0.2) is 27.4 Å². The Balaban J connectivity index is 2.35. The topological polar surface area (TPSA) is 55.4 Å². The molecule has 2 aromatic rings. The molecule has 0 bridgehead atoms. The summed E-state index contributed by atoms with van der Waals surface area (Å²) in [4.78, 5) is 0. The number of hydrogen-bond acceptors (Lipinski definition) is 3. The maximum atomic E-state index is 13.5. The van der Waals surface area contributed by atoms with Gasteiger partial charge in [-0.05, 0) is 30.2 Å². The maximum absolute atomic E-state index is 13.5. The Hall–Kier alpha value is -1.76. The molecule has 0 fully saturated rings. The predicted octanol–water partition coefficient (Wildman–Crippen LogP) is 2.87. The van der Waals surface area contributed by atoms with E-state index in [1.165, 1.54) is 19.2 Å². The van der Waals surface area contributed by atoms with Crippen LogP contribution in [0.5, 0.6) is 0 Å². The molecule has 0 radical (unpaired) electrons. The first-order valence-corrected chi connectivity index (χ1v) is 8.90. The van der Waals surface area contributed by atoms with Crippen molar-refractivity contribution in [2.24, 2.45) is 0 Å². The smallest absolute Gasteiger partial charge is 0.215 e. The van der Waals surface area contributed by atoms with Crippen LogP contribution in [0.25, 0.3) is 0 Å². The van der Waals surface area contributed by atoms with Crippen molar-refractivity contribution in [2.45, 2.75) is 19.1 Å². The van der Waals surface area contributed by atoms with Crippen LogP contribution in [0.2, 0.25) is 0 Å². The highest BCUT2D eigenvalue weighted by Crippen LogP contribution is 2.23. The van der Waals surface area contributed by atoms with Crippen molar-refractivity contribution in [2.75, 3.05) is 12.9 Å². The van der Waals surface area contributed by atoms with Gasteiger partial charge in [0.15, 0.2) is 0 Å². The first-order chi connectivity index (χ1) is 10.9. The van der Waals surface area contributed by atoms with Crippen LogP contribution in [0.1, 0.15) is 24.1 Å². The first kappa shape index (κ1) is 17.6. The van der Waals surface area contributed by atoms with Crippen molar-refractivity contribution >= 4 is 10.0 Å². The summed E-state index contributed by atoms with van der Waals surface area (Å²) in [6, 6.07) is 14.3. The van der Waals surface area contributed by atoms with E-state index in [1.54, 1.807) is 31.2 Å². The molecule has 0 aromatic heterocycles. The minimum absolute atomic E-state index is 0.165. The first-order valence-electron chi connectivity index (χ1n) is 7.24. The van der Waals surface area contributed by atoms with E-state index < -0.39 is 28.0 Å². The Labute approximate surface area is 136 Å². The van der Waals surface area contributed by atoms with Gasteiger partial charge in [-0.3, -0.25) is 0 Å². The quantitative estimate of drug-likeness (QED) is 0.845. The molecular weight excluding hydrogens is 317 g/mol. The van der Waals surface area contributed by atoms with Gasteiger partial charge in [-0.15, -0.1) is 0 Å². The summed E-state index contributed by atoms with van der Waals surface area (Å²) < 4.78 is 45.9. The third-order valence-corrected chi connectivity index (χ3v) is 4.97. The molecule has 4 nitrogen and oxygen atoms in total. The third kappa shape index (κ3) is 5.13. The lowest BCUT2D eigenvalue weighted by atomic mass is 10.00. The molecule has 0 amide bonds. The number of halogens is 1. The largest absolute Gasteiger partial charge is 0.381 e. The van der Waals surface area contributed by atoms with E-state index in [0.29, 0.717) is 5.56 Å². The number of benzene rings is 2. The minimum atomic E-state index is -3.60. The number of methoxy groups -OCH3 is 1. The lowest BCUT2D eigenvalue weighted by molar-refractivity contribution is 0.136. The van der Waals surface area contributed by atoms with E-state index in [-0.39, 0.29) is 5.75 Å². The number of ether oxygens (including phenoxy) is 1. The summed E-state index contributed by atoms with van der Waals surface area (Å²) in [6.07, 6.45) is -0.434. The normalized spacial score (nSPS) is 14.4. The van der Waals surface area contributed by atoms with Gasteiger partial charge in [0.05, 0.1) is 17.9 Å². The molecule has 23 heavy (non-hydrogen) atoms. The molecule has 124 valence electrons. The van der Waals surface area contributed by atoms with Gasteiger partial charge >= 0.3 is 0 Å². The number of nitrogens with one attached hydrogen (secondary N) is 1. The fourth-order valence-electron chi connectivity index (χ4n) is 2.26. The van der Waals surface area contributed by atoms with E-state index >= 15 is 0 Å². The molecule has 1 N–H and O–H groups in total. The van der Waals surface area contributed by atoms with Gasteiger partial charge in [-0.2, -0.15) is 0 Å². The zero-order chi connectivity index (χ0) is 16.9. The Morgan fingerprint density at radius 3 is 2.35 bits per heavy atom. The highest BCUT2D eigenvalue weighted by molar-refractivity contribution is 7.89. The molecule has 0 saturated carbocycles. The van der Waals surface area contributed by atoms with Gasteiger partial charge in [0.25, 0.3) is 0 Å². The van der Waals surface area contributed by atoms with Gasteiger partial charge in [-0.1, -0.05) is 42.5 Å². The van der Waals surface area contributed by atoms with Crippen LogP contribution >= 0.6 is 0 Å². The van der Waals surface area contributed by atoms with Crippen molar-refractivity contribution < 1.29 is 17.5 Å². The Morgan fingerprint density at radius 2 is 1.74 bits per heavy atom. The second-order valence-electron chi connectivity index (χ2n) is 5.34. The maximum Gasteiger partial charge on any atom is 0.215 e. The highest BCUT2D eigenvalue weighted by Gasteiger charge is 2.23. The Morgan fingerprint density at radius 1 is 1.09 bits per heavy atom. The summed E-state index contributed by atoms with van der Waals surface area (Å²) in [5.74, 6) is -0.574. The van der Waals surface area contributed by atoms with Crippen molar-refractivity contribution in [3.8, 4) is 0 Å². The Kier molecular flexibility index (Phi) is 5.87. The van der Waals surface area contributed by atoms with Crippen molar-refractivity contribution in [3.63, 3.8) is 0 Å². The fraction of sp³-hybridized carbons (Fsp3) is 0.294. The lowest BCUT2D eigenvalue weighted by Gasteiger charge is -2.21. The molecule has 6 heteroatoms. The number of hydrogen-bond donors (Lipinski definition) is 1. The zero-order valence-electron chi connectivity index (χ0n) is 13.1. The van der Waals surface area contributed by atoms with Gasteiger partial charge < -0.3 is 4.74 Å². The van der Waals surface area contributed by atoms with E-state index in [2.05, 4.69) is 4.72 Å². The summed E-state index contributed by atoms with van der Waals surface area (Å²) in [5, 5.41) is 0. The second kappa shape index (κ2) is 7.68. The van der Waals surface area contributed by atoms with Crippen LogP contribution in [-0.2, 0) is 14.8 Å². The molecular formula is C17H20FNO3S. The highest BCUT2D eigenvalue weighted by atomic mass is 32.2. The molecule has 2 atom stereocenters. The summed E-state index contributed by atoms with van der Waals surface area (Å²) in [7, 11) is -2.14. The van der Waals surface area contributed by atoms with E-state index in [0.717, 1.165) is 5.56 Å². The molecule has 2 rings (SSSR count). The summed E-state index contributed by atoms with van der Waals surface area (Å²) >= 11 is 0. The van der Waals surface area contributed by atoms with Gasteiger partial charge in [0.1, 0.15) is 5.82 Å². The van der Waals surface area contributed by atoms with E-state index in [1.807, 2.05) is 18.2 Å². The molecule has 0 aliphatic carbocycles. The monoisotopic (exact) mass is 337 g/mol. The third-order valence-electron chi connectivity index (χ3n) is 3.47. The minimum Gasteiger partial charge on any atom is -0.381 e. The van der Waals surface area contributed by atoms with Crippen molar-refractivity contribution in [3.05, 3.63) is 71.5 Å². The average molecular weight is 337 g/mol. The van der Waals surface area contributed by atoms with Crippen LogP contribution < -0.4 is 4.72 Å². The molecule has 0 spiro atoms. The number of rotatable bonds is 7. The van der Waals surface area contributed by atoms with E-state index in [4.69, 9.17) is 4.74 Å². The summed E-state index contributed by atoms with van der Waals surface area (Å²) in [5.41, 5.74) is 1.29. The van der Waals surface area contributed by atoms with Gasteiger partial charge in [-0.25, -0.2) is 17.5 Å².